The van der Waals surface area contributed by atoms with Crippen LogP contribution in [0.15, 0.2) is 0 Å². The van der Waals surface area contributed by atoms with Crippen molar-refractivity contribution in [2.24, 2.45) is 0 Å². The van der Waals surface area contributed by atoms with E-state index in [4.69, 9.17) is 5.73 Å². The normalized spacial score (nSPS) is 13.4. The molecule has 0 radical (unpaired) electrons. The third kappa shape index (κ3) is 4.00. The summed E-state index contributed by atoms with van der Waals surface area (Å²) < 4.78 is 75.9. The van der Waals surface area contributed by atoms with E-state index in [0.29, 0.717) is 11.3 Å². The lowest BCUT2D eigenvalue weighted by Crippen LogP contribution is -2.44. The Hall–Kier alpha value is -1.10. The second-order valence-electron chi connectivity index (χ2n) is 2.81. The van der Waals surface area contributed by atoms with E-state index < -0.39 is 25.1 Å². The minimum absolute atomic E-state index is 0.0702. The van der Waals surface area contributed by atoms with Gasteiger partial charge in [-0.05, 0) is 0 Å². The first kappa shape index (κ1) is 14.0. The van der Waals surface area contributed by atoms with Crippen molar-refractivity contribution < 1.29 is 31.1 Å². The Bertz CT molecular complexity index is 361. The van der Waals surface area contributed by atoms with Gasteiger partial charge in [-0.2, -0.15) is 26.3 Å². The van der Waals surface area contributed by atoms with Gasteiger partial charge in [-0.25, -0.2) is 0 Å². The maximum atomic E-state index is 12.0. The summed E-state index contributed by atoms with van der Waals surface area (Å²) in [6.45, 7) is -0.960. The van der Waals surface area contributed by atoms with Crippen LogP contribution in [0.25, 0.3) is 0 Å². The molecule has 0 saturated carbocycles. The number of hydrogen-bond acceptors (Lipinski definition) is 5. The van der Waals surface area contributed by atoms with Gasteiger partial charge < -0.3 is 10.5 Å². The third-order valence-electron chi connectivity index (χ3n) is 1.45. The fourth-order valence-corrected chi connectivity index (χ4v) is 1.39. The lowest BCUT2D eigenvalue weighted by molar-refractivity contribution is -0.324. The summed E-state index contributed by atoms with van der Waals surface area (Å²) in [6, 6.07) is 0. The fraction of sp³-hybridized carbons (Fsp3) is 0.667. The van der Waals surface area contributed by atoms with Crippen LogP contribution in [0.2, 0.25) is 0 Å². The predicted molar refractivity (Wildman–Crippen MR) is 45.0 cm³/mol. The van der Waals surface area contributed by atoms with Crippen LogP contribution in [0.3, 0.4) is 0 Å². The summed E-state index contributed by atoms with van der Waals surface area (Å²) in [5.74, 6) is 0. The molecule has 4 nitrogen and oxygen atoms in total. The van der Waals surface area contributed by atoms with Crippen LogP contribution in [0.1, 0.15) is 5.01 Å². The highest BCUT2D eigenvalue weighted by Crippen LogP contribution is 2.36. The molecule has 0 unspecified atom stereocenters. The number of ether oxygens (including phenoxy) is 1. The minimum atomic E-state index is -5.53. The second-order valence-corrected chi connectivity index (χ2v) is 3.90. The van der Waals surface area contributed by atoms with E-state index in [0.717, 1.165) is 0 Å². The maximum absolute atomic E-state index is 12.0. The van der Waals surface area contributed by atoms with Gasteiger partial charge in [0, 0.05) is 0 Å². The molecule has 0 bridgehead atoms. The van der Waals surface area contributed by atoms with Gasteiger partial charge in [-0.3, -0.25) is 0 Å². The Morgan fingerprint density at radius 2 is 1.65 bits per heavy atom. The van der Waals surface area contributed by atoms with Gasteiger partial charge >= 0.3 is 12.4 Å². The predicted octanol–water partition coefficient (Wildman–Crippen LogP) is 2.13. The number of hydrogen-bond donors (Lipinski definition) is 1. The van der Waals surface area contributed by atoms with Crippen molar-refractivity contribution in [3.63, 3.8) is 0 Å². The largest absolute Gasteiger partial charge is 0.423 e. The highest BCUT2D eigenvalue weighted by atomic mass is 32.1. The van der Waals surface area contributed by atoms with E-state index >= 15 is 0 Å². The Morgan fingerprint density at radius 3 is 2.00 bits per heavy atom. The maximum Gasteiger partial charge on any atom is 0.423 e. The number of rotatable bonds is 3. The number of halogens is 6. The third-order valence-corrected chi connectivity index (χ3v) is 2.18. The minimum Gasteiger partial charge on any atom is -0.374 e. The van der Waals surface area contributed by atoms with Gasteiger partial charge in [0.1, 0.15) is 11.6 Å². The molecule has 1 aromatic heterocycles. The highest BCUT2D eigenvalue weighted by Gasteiger charge is 2.58. The smallest absolute Gasteiger partial charge is 0.374 e. The molecule has 1 rings (SSSR count). The molecule has 0 spiro atoms. The summed E-state index contributed by atoms with van der Waals surface area (Å²) in [7, 11) is 0. The lowest BCUT2D eigenvalue weighted by Gasteiger charge is -2.22. The number of anilines is 1. The number of nitrogens with two attached hydrogens (primary N) is 1. The molecule has 0 amide bonds. The van der Waals surface area contributed by atoms with Crippen molar-refractivity contribution in [2.75, 3.05) is 5.73 Å². The zero-order chi connectivity index (χ0) is 13.3. The van der Waals surface area contributed by atoms with E-state index in [9.17, 15) is 26.3 Å². The van der Waals surface area contributed by atoms with Crippen LogP contribution in [-0.2, 0) is 11.3 Å². The van der Waals surface area contributed by atoms with Crippen LogP contribution in [-0.4, -0.2) is 28.7 Å². The van der Waals surface area contributed by atoms with Gasteiger partial charge in [0.2, 0.25) is 11.2 Å². The molecule has 0 aliphatic carbocycles. The molecule has 0 atom stereocenters. The molecule has 1 heterocycles. The van der Waals surface area contributed by atoms with Crippen molar-refractivity contribution >= 4 is 16.5 Å². The van der Waals surface area contributed by atoms with Crippen molar-refractivity contribution in [3.05, 3.63) is 5.01 Å². The lowest BCUT2D eigenvalue weighted by atomic mass is 10.3. The summed E-state index contributed by atoms with van der Waals surface area (Å²) in [5, 5.41) is 6.22. The van der Waals surface area contributed by atoms with E-state index in [-0.39, 0.29) is 10.1 Å². The quantitative estimate of drug-likeness (QED) is 0.862. The van der Waals surface area contributed by atoms with Gasteiger partial charge in [0.25, 0.3) is 0 Å². The molecule has 0 aromatic carbocycles. The highest BCUT2D eigenvalue weighted by molar-refractivity contribution is 7.15. The summed E-state index contributed by atoms with van der Waals surface area (Å²) in [4.78, 5) is 0. The van der Waals surface area contributed by atoms with Crippen molar-refractivity contribution in [1.82, 2.24) is 10.2 Å². The monoisotopic (exact) mass is 281 g/mol. The number of nitrogen functional groups attached to an aromatic ring is 1. The van der Waals surface area contributed by atoms with Crippen molar-refractivity contribution in [2.45, 2.75) is 25.1 Å². The van der Waals surface area contributed by atoms with Crippen LogP contribution in [0, 0.1) is 0 Å². The molecule has 0 aliphatic heterocycles. The van der Waals surface area contributed by atoms with E-state index in [2.05, 4.69) is 14.9 Å². The summed E-state index contributed by atoms with van der Waals surface area (Å²) in [5.41, 5.74) is 5.10. The molecular weight excluding hydrogens is 276 g/mol. The number of aromatic nitrogens is 2. The molecule has 0 fully saturated rings. The van der Waals surface area contributed by atoms with E-state index in [1.165, 1.54) is 0 Å². The van der Waals surface area contributed by atoms with E-state index in [1.807, 2.05) is 0 Å². The van der Waals surface area contributed by atoms with Gasteiger partial charge in [-0.1, -0.05) is 11.3 Å². The van der Waals surface area contributed by atoms with Crippen molar-refractivity contribution in [1.29, 1.82) is 0 Å². The Morgan fingerprint density at radius 1 is 1.12 bits per heavy atom. The first-order chi connectivity index (χ1) is 7.60. The number of alkyl halides is 6. The molecule has 17 heavy (non-hydrogen) atoms. The first-order valence-electron chi connectivity index (χ1n) is 3.93. The Balaban J connectivity index is 2.69. The molecule has 98 valence electrons. The zero-order valence-corrected chi connectivity index (χ0v) is 8.66. The van der Waals surface area contributed by atoms with E-state index in [1.54, 1.807) is 0 Å². The van der Waals surface area contributed by atoms with Gasteiger partial charge in [0.15, 0.2) is 0 Å². The number of nitrogens with zero attached hydrogens (tertiary/aromatic N) is 2. The zero-order valence-electron chi connectivity index (χ0n) is 7.84. The van der Waals surface area contributed by atoms with Crippen LogP contribution < -0.4 is 5.73 Å². The SMILES string of the molecule is Nc1nnc(COC(C(F)(F)F)C(F)(F)F)s1. The van der Waals surface area contributed by atoms with Gasteiger partial charge in [-0.15, -0.1) is 10.2 Å². The van der Waals surface area contributed by atoms with Crippen LogP contribution >= 0.6 is 11.3 Å². The standard InChI is InChI=1S/C6H5F6N3OS/c7-5(8,9)3(6(10,11)12)16-1-2-14-15-4(13)17-2/h3H,1H2,(H2,13,15). The summed E-state index contributed by atoms with van der Waals surface area (Å²) >= 11 is 0.647. The fourth-order valence-electron chi connectivity index (χ4n) is 0.854. The molecule has 1 aromatic rings. The summed E-state index contributed by atoms with van der Waals surface area (Å²) in [6.07, 6.45) is -14.9. The van der Waals surface area contributed by atoms with Crippen LogP contribution in [0.4, 0.5) is 31.5 Å². The molecule has 0 aliphatic rings. The van der Waals surface area contributed by atoms with Crippen molar-refractivity contribution in [3.8, 4) is 0 Å². The molecule has 11 heteroatoms. The molecule has 0 saturated heterocycles. The topological polar surface area (TPSA) is 61.0 Å². The molecular formula is C6H5F6N3OS. The van der Waals surface area contributed by atoms with Crippen LogP contribution in [0.5, 0.6) is 0 Å². The Labute approximate surface area is 94.4 Å². The second kappa shape index (κ2) is 4.64. The van der Waals surface area contributed by atoms with Gasteiger partial charge in [0.05, 0.1) is 0 Å². The Kier molecular flexibility index (Phi) is 3.81. The average Bonchev–Trinajstić information content (AvgIpc) is 2.46. The average molecular weight is 281 g/mol. The molecule has 2 N–H and O–H groups in total. The first-order valence-corrected chi connectivity index (χ1v) is 4.75.